The fourth-order valence-electron chi connectivity index (χ4n) is 5.07. The first-order valence-electron chi connectivity index (χ1n) is 13.6. The molecule has 6 rings (SSSR count). The number of rotatable bonds is 8. The average molecular weight is 570 g/mol. The van der Waals surface area contributed by atoms with Crippen LogP contribution in [0.25, 0.3) is 22.0 Å². The molecule has 5 aromatic rings. The van der Waals surface area contributed by atoms with Gasteiger partial charge in [-0.05, 0) is 84.5 Å². The molecule has 0 aliphatic carbocycles. The average Bonchev–Trinajstić information content (AvgIpc) is 3.46. The van der Waals surface area contributed by atoms with Crippen LogP contribution in [0.1, 0.15) is 24.8 Å². The van der Waals surface area contributed by atoms with E-state index in [0.29, 0.717) is 23.1 Å². The standard InChI is InChI=1S/C32H29ClFN5O2/c33-28-17-26(8-10-30(28)41-20-22-5-4-6-25(34)15-22)37-32-27-16-23(7-9-29(27)35-21-36-32)24-11-14-38(18-24)19-31(40)39-12-2-1-3-13-39/h4-11,14-18,21H,1-3,12-13,19-20H2,(H,35,36,37). The molecule has 0 bridgehead atoms. The third-order valence-electron chi connectivity index (χ3n) is 7.22. The van der Waals surface area contributed by atoms with Crippen molar-refractivity contribution in [2.75, 3.05) is 18.4 Å². The number of halogens is 2. The molecular formula is C32H29ClFN5O2. The van der Waals surface area contributed by atoms with Crippen LogP contribution in [0.2, 0.25) is 5.02 Å². The van der Waals surface area contributed by atoms with Crippen molar-refractivity contribution in [1.29, 1.82) is 0 Å². The van der Waals surface area contributed by atoms with E-state index in [4.69, 9.17) is 16.3 Å². The molecule has 0 atom stereocenters. The van der Waals surface area contributed by atoms with Gasteiger partial charge in [-0.25, -0.2) is 14.4 Å². The molecule has 1 aliphatic rings. The largest absolute Gasteiger partial charge is 0.487 e. The Morgan fingerprint density at radius 1 is 0.976 bits per heavy atom. The van der Waals surface area contributed by atoms with Gasteiger partial charge in [0.25, 0.3) is 0 Å². The maximum absolute atomic E-state index is 13.5. The zero-order chi connectivity index (χ0) is 28.2. The minimum absolute atomic E-state index is 0.161. The summed E-state index contributed by atoms with van der Waals surface area (Å²) in [5.74, 6) is 0.993. The number of fused-ring (bicyclic) bond motifs is 1. The van der Waals surface area contributed by atoms with Gasteiger partial charge in [0.05, 0.1) is 10.5 Å². The van der Waals surface area contributed by atoms with Crippen molar-refractivity contribution in [1.82, 2.24) is 19.4 Å². The molecule has 0 saturated carbocycles. The molecule has 0 spiro atoms. The van der Waals surface area contributed by atoms with Crippen LogP contribution in [0.3, 0.4) is 0 Å². The van der Waals surface area contributed by atoms with Gasteiger partial charge in [0.2, 0.25) is 5.91 Å². The Morgan fingerprint density at radius 3 is 2.68 bits per heavy atom. The number of likely N-dealkylation sites (tertiary alicyclic amines) is 1. The molecule has 41 heavy (non-hydrogen) atoms. The number of anilines is 2. The van der Waals surface area contributed by atoms with Gasteiger partial charge >= 0.3 is 0 Å². The minimum atomic E-state index is -0.308. The summed E-state index contributed by atoms with van der Waals surface area (Å²) < 4.78 is 21.2. The number of carbonyl (C=O) groups excluding carboxylic acids is 1. The number of benzene rings is 3. The Hall–Kier alpha value is -4.43. The Morgan fingerprint density at radius 2 is 1.85 bits per heavy atom. The Kier molecular flexibility index (Phi) is 7.82. The Labute approximate surface area is 242 Å². The SMILES string of the molecule is O=C(Cn1ccc(-c2ccc3ncnc(Nc4ccc(OCc5cccc(F)c5)c(Cl)c4)c3c2)c1)N1CCCCC1. The number of amides is 1. The topological polar surface area (TPSA) is 72.3 Å². The van der Waals surface area contributed by atoms with Crippen molar-refractivity contribution >= 4 is 39.9 Å². The highest BCUT2D eigenvalue weighted by Gasteiger charge is 2.17. The monoisotopic (exact) mass is 569 g/mol. The Balaban J connectivity index is 1.17. The maximum atomic E-state index is 13.5. The zero-order valence-corrected chi connectivity index (χ0v) is 23.1. The van der Waals surface area contributed by atoms with E-state index in [2.05, 4.69) is 15.3 Å². The molecule has 0 radical (unpaired) electrons. The molecule has 1 saturated heterocycles. The number of nitrogens with zero attached hydrogens (tertiary/aromatic N) is 4. The van der Waals surface area contributed by atoms with Crippen molar-refractivity contribution in [3.63, 3.8) is 0 Å². The van der Waals surface area contributed by atoms with Crippen LogP contribution >= 0.6 is 11.6 Å². The molecule has 0 unspecified atom stereocenters. The normalized spacial score (nSPS) is 13.4. The highest BCUT2D eigenvalue weighted by atomic mass is 35.5. The zero-order valence-electron chi connectivity index (χ0n) is 22.4. The van der Waals surface area contributed by atoms with Gasteiger partial charge in [-0.2, -0.15) is 0 Å². The lowest BCUT2D eigenvalue weighted by Crippen LogP contribution is -2.37. The summed E-state index contributed by atoms with van der Waals surface area (Å²) in [4.78, 5) is 23.6. The first kappa shape index (κ1) is 26.8. The van der Waals surface area contributed by atoms with Crippen LogP contribution in [-0.4, -0.2) is 38.4 Å². The van der Waals surface area contributed by atoms with E-state index in [0.717, 1.165) is 59.2 Å². The number of piperidine rings is 1. The van der Waals surface area contributed by atoms with E-state index in [9.17, 15) is 9.18 Å². The Bertz CT molecular complexity index is 1700. The van der Waals surface area contributed by atoms with Crippen LogP contribution in [0.15, 0.2) is 85.5 Å². The minimum Gasteiger partial charge on any atom is -0.487 e. The summed E-state index contributed by atoms with van der Waals surface area (Å²) in [6.45, 7) is 2.25. The summed E-state index contributed by atoms with van der Waals surface area (Å²) in [7, 11) is 0. The molecule has 1 amide bonds. The number of hydrogen-bond acceptors (Lipinski definition) is 5. The lowest BCUT2D eigenvalue weighted by atomic mass is 10.1. The second-order valence-corrected chi connectivity index (χ2v) is 10.6. The smallest absolute Gasteiger partial charge is 0.242 e. The summed E-state index contributed by atoms with van der Waals surface area (Å²) in [5.41, 5.74) is 4.26. The first-order valence-corrected chi connectivity index (χ1v) is 14.0. The van der Waals surface area contributed by atoms with Crippen LogP contribution in [-0.2, 0) is 17.9 Å². The van der Waals surface area contributed by atoms with E-state index in [1.165, 1.54) is 24.9 Å². The highest BCUT2D eigenvalue weighted by Crippen LogP contribution is 2.32. The van der Waals surface area contributed by atoms with E-state index in [1.807, 2.05) is 52.2 Å². The molecule has 3 aromatic carbocycles. The van der Waals surface area contributed by atoms with Crippen LogP contribution in [0, 0.1) is 5.82 Å². The first-order chi connectivity index (χ1) is 20.0. The van der Waals surface area contributed by atoms with Gasteiger partial charge < -0.3 is 19.5 Å². The molecule has 208 valence electrons. The highest BCUT2D eigenvalue weighted by molar-refractivity contribution is 6.32. The molecule has 7 nitrogen and oxygen atoms in total. The van der Waals surface area contributed by atoms with Gasteiger partial charge in [-0.3, -0.25) is 4.79 Å². The van der Waals surface area contributed by atoms with Crippen molar-refractivity contribution in [3.8, 4) is 16.9 Å². The fourth-order valence-corrected chi connectivity index (χ4v) is 5.30. The van der Waals surface area contributed by atoms with Gasteiger partial charge in [0, 0.05) is 36.6 Å². The quantitative estimate of drug-likeness (QED) is 0.213. The summed E-state index contributed by atoms with van der Waals surface area (Å²) in [5, 5.41) is 4.62. The van der Waals surface area contributed by atoms with Gasteiger partial charge in [-0.1, -0.05) is 29.8 Å². The predicted molar refractivity (Wildman–Crippen MR) is 159 cm³/mol. The van der Waals surface area contributed by atoms with Crippen molar-refractivity contribution in [2.45, 2.75) is 32.4 Å². The molecule has 1 fully saturated rings. The number of hydrogen-bond donors (Lipinski definition) is 1. The maximum Gasteiger partial charge on any atom is 0.242 e. The van der Waals surface area contributed by atoms with E-state index in [-0.39, 0.29) is 18.3 Å². The van der Waals surface area contributed by atoms with Gasteiger partial charge in [-0.15, -0.1) is 0 Å². The van der Waals surface area contributed by atoms with E-state index in [1.54, 1.807) is 24.3 Å². The van der Waals surface area contributed by atoms with Crippen LogP contribution in [0.4, 0.5) is 15.9 Å². The van der Waals surface area contributed by atoms with Crippen molar-refractivity contribution in [2.24, 2.45) is 0 Å². The predicted octanol–water partition coefficient (Wildman–Crippen LogP) is 7.23. The molecule has 1 N–H and O–H groups in total. The summed E-state index contributed by atoms with van der Waals surface area (Å²) in [6, 6.07) is 19.7. The molecule has 2 aromatic heterocycles. The van der Waals surface area contributed by atoms with Gasteiger partial charge in [0.15, 0.2) is 0 Å². The third kappa shape index (κ3) is 6.33. The number of carbonyl (C=O) groups is 1. The lowest BCUT2D eigenvalue weighted by Gasteiger charge is -2.26. The number of aromatic nitrogens is 3. The third-order valence-corrected chi connectivity index (χ3v) is 7.52. The number of ether oxygens (including phenoxy) is 1. The molecule has 3 heterocycles. The molecule has 9 heteroatoms. The van der Waals surface area contributed by atoms with Crippen molar-refractivity contribution in [3.05, 3.63) is 102 Å². The molecule has 1 aliphatic heterocycles. The summed E-state index contributed by atoms with van der Waals surface area (Å²) >= 11 is 6.50. The second-order valence-electron chi connectivity index (χ2n) is 10.2. The fraction of sp³-hybridized carbons (Fsp3) is 0.219. The lowest BCUT2D eigenvalue weighted by molar-refractivity contribution is -0.132. The number of nitrogens with one attached hydrogen (secondary N) is 1. The second kappa shape index (κ2) is 12.0. The van der Waals surface area contributed by atoms with E-state index >= 15 is 0 Å². The van der Waals surface area contributed by atoms with Crippen LogP contribution in [0.5, 0.6) is 5.75 Å². The van der Waals surface area contributed by atoms with Gasteiger partial charge in [0.1, 0.15) is 36.9 Å². The molecular weight excluding hydrogens is 541 g/mol. The van der Waals surface area contributed by atoms with Crippen LogP contribution < -0.4 is 10.1 Å². The van der Waals surface area contributed by atoms with E-state index < -0.39 is 0 Å². The summed E-state index contributed by atoms with van der Waals surface area (Å²) in [6.07, 6.45) is 8.83. The van der Waals surface area contributed by atoms with Crippen molar-refractivity contribution < 1.29 is 13.9 Å².